The fourth-order valence-corrected chi connectivity index (χ4v) is 3.88. The Morgan fingerprint density at radius 2 is 1.67 bits per heavy atom. The molecule has 30 heavy (non-hydrogen) atoms. The smallest absolute Gasteiger partial charge is 0.258 e. The number of hydrogen-bond donors (Lipinski definition) is 2. The Balaban J connectivity index is 1.35. The highest BCUT2D eigenvalue weighted by Gasteiger charge is 2.47. The van der Waals surface area contributed by atoms with E-state index in [-0.39, 0.29) is 36.7 Å². The maximum atomic E-state index is 12.3. The number of hydrogen-bond acceptors (Lipinski definition) is 5. The first-order chi connectivity index (χ1) is 14.4. The van der Waals surface area contributed by atoms with Gasteiger partial charge in [-0.25, -0.2) is 0 Å². The number of nitrogens with zero attached hydrogens (tertiary/aromatic N) is 1. The van der Waals surface area contributed by atoms with Crippen molar-refractivity contribution in [1.29, 1.82) is 0 Å². The molecule has 2 atom stereocenters. The van der Waals surface area contributed by atoms with Crippen LogP contribution in [0.25, 0.3) is 0 Å². The fraction of sp³-hybridized carbons (Fsp3) is 0.400. The molecule has 3 rings (SSSR count). The molecule has 160 valence electrons. The minimum Gasteiger partial charge on any atom is -0.492 e. The van der Waals surface area contributed by atoms with Crippen LogP contribution < -0.4 is 15.6 Å². The molecule has 1 saturated heterocycles. The Bertz CT molecular complexity index is 863. The number of halogens is 2. The number of allylic oxidation sites excluding steroid dienone is 2. The average Bonchev–Trinajstić information content (AvgIpc) is 2.96. The molecule has 0 saturated carbocycles. The van der Waals surface area contributed by atoms with Crippen LogP contribution >= 0.6 is 23.2 Å². The third-order valence-corrected chi connectivity index (χ3v) is 5.47. The van der Waals surface area contributed by atoms with Crippen LogP contribution in [0, 0.1) is 11.8 Å². The van der Waals surface area contributed by atoms with Gasteiger partial charge in [-0.15, -0.1) is 0 Å². The second kappa shape index (κ2) is 9.95. The molecule has 0 spiro atoms. The Morgan fingerprint density at radius 1 is 1.03 bits per heavy atom. The van der Waals surface area contributed by atoms with Crippen LogP contribution in [0.3, 0.4) is 0 Å². The second-order valence-electron chi connectivity index (χ2n) is 7.04. The number of imide groups is 1. The minimum atomic E-state index is -0.638. The van der Waals surface area contributed by atoms with E-state index in [0.717, 1.165) is 4.90 Å². The standard InChI is InChI=1S/C20H21Cl2N3O5/c21-12-7-8-16(15(22)10-12)30-9-3-6-17(26)23-24-18(27)11-25-19(28)13-4-1-2-5-14(13)20(25)29/h1-2,7-8,10,13-14H,3-6,9,11H2,(H,23,26)(H,24,27)/t13-,14+. The predicted molar refractivity (Wildman–Crippen MR) is 110 cm³/mol. The zero-order valence-corrected chi connectivity index (χ0v) is 17.5. The molecule has 0 bridgehead atoms. The van der Waals surface area contributed by atoms with Gasteiger partial charge in [-0.1, -0.05) is 35.4 Å². The van der Waals surface area contributed by atoms with Crippen LogP contribution in [0.15, 0.2) is 30.4 Å². The SMILES string of the molecule is O=C(CCCOc1ccc(Cl)cc1Cl)NNC(=O)CN1C(=O)[C@H]2CC=CC[C@H]2C1=O. The van der Waals surface area contributed by atoms with Crippen molar-refractivity contribution < 1.29 is 23.9 Å². The minimum absolute atomic E-state index is 0.100. The molecule has 1 aromatic rings. The summed E-state index contributed by atoms with van der Waals surface area (Å²) in [7, 11) is 0. The maximum absolute atomic E-state index is 12.3. The van der Waals surface area contributed by atoms with Crippen molar-refractivity contribution in [3.05, 3.63) is 40.4 Å². The number of carbonyl (C=O) groups excluding carboxylic acids is 4. The van der Waals surface area contributed by atoms with Gasteiger partial charge in [0.1, 0.15) is 12.3 Å². The number of likely N-dealkylation sites (tertiary alicyclic amines) is 1. The van der Waals surface area contributed by atoms with E-state index in [1.54, 1.807) is 18.2 Å². The summed E-state index contributed by atoms with van der Waals surface area (Å²) in [6.45, 7) is -0.167. The van der Waals surface area contributed by atoms with Gasteiger partial charge >= 0.3 is 0 Å². The molecule has 4 amide bonds. The third kappa shape index (κ3) is 5.31. The average molecular weight is 454 g/mol. The van der Waals surface area contributed by atoms with E-state index >= 15 is 0 Å². The lowest BCUT2D eigenvalue weighted by Gasteiger charge is -2.14. The number of benzene rings is 1. The molecule has 8 nitrogen and oxygen atoms in total. The van der Waals surface area contributed by atoms with Crippen molar-refractivity contribution >= 4 is 46.8 Å². The van der Waals surface area contributed by atoms with Crippen molar-refractivity contribution in [2.24, 2.45) is 11.8 Å². The van der Waals surface area contributed by atoms with E-state index in [9.17, 15) is 19.2 Å². The van der Waals surface area contributed by atoms with Crippen molar-refractivity contribution in [2.45, 2.75) is 25.7 Å². The Hall–Kier alpha value is -2.58. The van der Waals surface area contributed by atoms with Crippen LogP contribution in [0.1, 0.15) is 25.7 Å². The van der Waals surface area contributed by atoms with Crippen LogP contribution in [0.5, 0.6) is 5.75 Å². The normalized spacial score (nSPS) is 20.1. The number of carbonyl (C=O) groups is 4. The summed E-state index contributed by atoms with van der Waals surface area (Å²) in [6.07, 6.45) is 5.26. The molecule has 0 radical (unpaired) electrons. The molecular weight excluding hydrogens is 433 g/mol. The van der Waals surface area contributed by atoms with E-state index in [0.29, 0.717) is 35.1 Å². The fourth-order valence-electron chi connectivity index (χ4n) is 3.42. The predicted octanol–water partition coefficient (Wildman–Crippen LogP) is 2.25. The van der Waals surface area contributed by atoms with Gasteiger partial charge in [0, 0.05) is 11.4 Å². The highest BCUT2D eigenvalue weighted by atomic mass is 35.5. The molecule has 2 N–H and O–H groups in total. The van der Waals surface area contributed by atoms with Crippen LogP contribution in [-0.4, -0.2) is 41.7 Å². The van der Waals surface area contributed by atoms with Crippen molar-refractivity contribution in [1.82, 2.24) is 15.8 Å². The van der Waals surface area contributed by atoms with Gasteiger partial charge in [0.15, 0.2) is 0 Å². The van der Waals surface area contributed by atoms with Gasteiger partial charge in [0.2, 0.25) is 17.7 Å². The van der Waals surface area contributed by atoms with Crippen molar-refractivity contribution in [3.8, 4) is 5.75 Å². The van der Waals surface area contributed by atoms with E-state index in [1.807, 2.05) is 12.2 Å². The summed E-state index contributed by atoms with van der Waals surface area (Å²) >= 11 is 11.8. The first-order valence-electron chi connectivity index (χ1n) is 9.52. The monoisotopic (exact) mass is 453 g/mol. The Kier molecular flexibility index (Phi) is 7.33. The summed E-state index contributed by atoms with van der Waals surface area (Å²) in [4.78, 5) is 49.5. The van der Waals surface area contributed by atoms with Gasteiger partial charge < -0.3 is 4.74 Å². The summed E-state index contributed by atoms with van der Waals surface area (Å²) in [5.74, 6) is -2.06. The van der Waals surface area contributed by atoms with Crippen LogP contribution in [0.4, 0.5) is 0 Å². The highest BCUT2D eigenvalue weighted by molar-refractivity contribution is 6.35. The van der Waals surface area contributed by atoms with E-state index in [1.165, 1.54) is 0 Å². The number of ether oxygens (including phenoxy) is 1. The molecule has 1 aromatic carbocycles. The number of nitrogens with one attached hydrogen (secondary N) is 2. The molecule has 1 aliphatic carbocycles. The lowest BCUT2D eigenvalue weighted by Crippen LogP contribution is -2.47. The largest absolute Gasteiger partial charge is 0.492 e. The van der Waals surface area contributed by atoms with Crippen molar-refractivity contribution in [2.75, 3.05) is 13.2 Å². The third-order valence-electron chi connectivity index (χ3n) is 4.94. The van der Waals surface area contributed by atoms with Gasteiger partial charge in [0.25, 0.3) is 5.91 Å². The number of amides is 4. The summed E-state index contributed by atoms with van der Waals surface area (Å²) in [5, 5.41) is 0.871. The highest BCUT2D eigenvalue weighted by Crippen LogP contribution is 2.34. The quantitative estimate of drug-likeness (QED) is 0.285. The number of fused-ring (bicyclic) bond motifs is 1. The van der Waals surface area contributed by atoms with Crippen LogP contribution in [-0.2, 0) is 19.2 Å². The molecule has 10 heteroatoms. The lowest BCUT2D eigenvalue weighted by molar-refractivity contribution is -0.144. The molecule has 2 aliphatic rings. The number of hydrazine groups is 1. The Morgan fingerprint density at radius 3 is 2.30 bits per heavy atom. The summed E-state index contributed by atoms with van der Waals surface area (Å²) in [6, 6.07) is 4.84. The van der Waals surface area contributed by atoms with E-state index in [4.69, 9.17) is 27.9 Å². The van der Waals surface area contributed by atoms with E-state index in [2.05, 4.69) is 10.9 Å². The molecule has 1 fully saturated rings. The van der Waals surface area contributed by atoms with Crippen molar-refractivity contribution in [3.63, 3.8) is 0 Å². The van der Waals surface area contributed by atoms with Gasteiger partial charge in [-0.3, -0.25) is 34.9 Å². The maximum Gasteiger partial charge on any atom is 0.258 e. The Labute approximate surface area is 183 Å². The molecule has 0 aromatic heterocycles. The molecule has 1 heterocycles. The second-order valence-corrected chi connectivity index (χ2v) is 7.89. The molecule has 0 unspecified atom stereocenters. The van der Waals surface area contributed by atoms with E-state index < -0.39 is 18.4 Å². The summed E-state index contributed by atoms with van der Waals surface area (Å²) in [5.41, 5.74) is 4.50. The molecular formula is C20H21Cl2N3O5. The zero-order valence-electron chi connectivity index (χ0n) is 16.0. The lowest BCUT2D eigenvalue weighted by atomic mass is 9.85. The number of rotatable bonds is 7. The van der Waals surface area contributed by atoms with Gasteiger partial charge in [-0.2, -0.15) is 0 Å². The first kappa shape index (κ1) is 22.1. The van der Waals surface area contributed by atoms with Crippen LogP contribution in [0.2, 0.25) is 10.0 Å². The van der Waals surface area contributed by atoms with Gasteiger partial charge in [-0.05, 0) is 37.5 Å². The first-order valence-corrected chi connectivity index (χ1v) is 10.3. The zero-order chi connectivity index (χ0) is 21.7. The molecule has 1 aliphatic heterocycles. The van der Waals surface area contributed by atoms with Gasteiger partial charge in [0.05, 0.1) is 23.5 Å². The topological polar surface area (TPSA) is 105 Å². The summed E-state index contributed by atoms with van der Waals surface area (Å²) < 4.78 is 5.48.